The lowest BCUT2D eigenvalue weighted by atomic mass is 10.1. The van der Waals surface area contributed by atoms with Crippen molar-refractivity contribution in [3.63, 3.8) is 0 Å². The van der Waals surface area contributed by atoms with Gasteiger partial charge in [0.05, 0.1) is 10.6 Å². The largest absolute Gasteiger partial charge is 0.243 e. The quantitative estimate of drug-likeness (QED) is 0.796. The highest BCUT2D eigenvalue weighted by Gasteiger charge is 2.30. The standard InChI is InChI=1S/C16H24N2O4S2/c1-2-23(19,20)17-9-4-10-18(12-11-17)24(21,22)16-8-7-14-5-3-6-15(14)13-16/h7-8,13H,2-6,9-12H2,1H3. The maximum absolute atomic E-state index is 12.9. The molecule has 1 aromatic carbocycles. The fourth-order valence-corrected chi connectivity index (χ4v) is 6.08. The molecule has 0 bridgehead atoms. The van der Waals surface area contributed by atoms with E-state index < -0.39 is 20.0 Å². The van der Waals surface area contributed by atoms with Crippen molar-refractivity contribution in [1.82, 2.24) is 8.61 Å². The third kappa shape index (κ3) is 3.37. The van der Waals surface area contributed by atoms with Gasteiger partial charge in [0.1, 0.15) is 0 Å². The molecule has 2 aliphatic rings. The minimum atomic E-state index is -3.57. The van der Waals surface area contributed by atoms with Crippen molar-refractivity contribution in [1.29, 1.82) is 0 Å². The fraction of sp³-hybridized carbons (Fsp3) is 0.625. The van der Waals surface area contributed by atoms with Crippen molar-refractivity contribution >= 4 is 20.0 Å². The maximum atomic E-state index is 12.9. The molecule has 0 radical (unpaired) electrons. The zero-order valence-corrected chi connectivity index (χ0v) is 15.6. The SMILES string of the molecule is CCS(=O)(=O)N1CCCN(S(=O)(=O)c2ccc3c(c2)CCC3)CC1. The molecule has 3 rings (SSSR count). The van der Waals surface area contributed by atoms with E-state index in [2.05, 4.69) is 0 Å². The van der Waals surface area contributed by atoms with Crippen LogP contribution >= 0.6 is 0 Å². The third-order valence-corrected chi connectivity index (χ3v) is 8.66. The highest BCUT2D eigenvalue weighted by Crippen LogP contribution is 2.26. The molecule has 24 heavy (non-hydrogen) atoms. The zero-order valence-electron chi connectivity index (χ0n) is 13.9. The summed E-state index contributed by atoms with van der Waals surface area (Å²) in [7, 11) is -6.85. The van der Waals surface area contributed by atoms with Gasteiger partial charge in [0.25, 0.3) is 0 Å². The van der Waals surface area contributed by atoms with Crippen LogP contribution in [0.2, 0.25) is 0 Å². The molecule has 0 unspecified atom stereocenters. The van der Waals surface area contributed by atoms with Gasteiger partial charge in [0, 0.05) is 26.2 Å². The van der Waals surface area contributed by atoms with Crippen LogP contribution in [0.4, 0.5) is 0 Å². The smallest absolute Gasteiger partial charge is 0.212 e. The number of aryl methyl sites for hydroxylation is 2. The van der Waals surface area contributed by atoms with Gasteiger partial charge < -0.3 is 0 Å². The summed E-state index contributed by atoms with van der Waals surface area (Å²) in [5.74, 6) is 0.0462. The predicted octanol–water partition coefficient (Wildman–Crippen LogP) is 1.22. The summed E-state index contributed by atoms with van der Waals surface area (Å²) < 4.78 is 52.7. The average molecular weight is 373 g/mol. The van der Waals surface area contributed by atoms with Crippen molar-refractivity contribution < 1.29 is 16.8 Å². The Morgan fingerprint density at radius 3 is 2.29 bits per heavy atom. The van der Waals surface area contributed by atoms with E-state index in [0.717, 1.165) is 24.8 Å². The van der Waals surface area contributed by atoms with E-state index >= 15 is 0 Å². The van der Waals surface area contributed by atoms with Gasteiger partial charge in [-0.1, -0.05) is 6.07 Å². The van der Waals surface area contributed by atoms with Crippen LogP contribution in [0.15, 0.2) is 23.1 Å². The average Bonchev–Trinajstić information content (AvgIpc) is 2.87. The number of hydrogen-bond donors (Lipinski definition) is 0. The molecule has 1 fully saturated rings. The normalized spacial score (nSPS) is 20.7. The second-order valence-electron chi connectivity index (χ2n) is 6.34. The number of benzene rings is 1. The van der Waals surface area contributed by atoms with Gasteiger partial charge in [0.2, 0.25) is 20.0 Å². The second-order valence-corrected chi connectivity index (χ2v) is 10.5. The Morgan fingerprint density at radius 2 is 1.54 bits per heavy atom. The molecule has 1 saturated heterocycles. The van der Waals surface area contributed by atoms with Crippen molar-refractivity contribution in [2.45, 2.75) is 37.5 Å². The molecule has 0 amide bonds. The van der Waals surface area contributed by atoms with Gasteiger partial charge in [-0.25, -0.2) is 21.1 Å². The number of nitrogens with zero attached hydrogens (tertiary/aromatic N) is 2. The van der Waals surface area contributed by atoms with Crippen LogP contribution in [0.3, 0.4) is 0 Å². The van der Waals surface area contributed by atoms with E-state index in [1.807, 2.05) is 6.07 Å². The maximum Gasteiger partial charge on any atom is 0.243 e. The first-order chi connectivity index (χ1) is 11.3. The topological polar surface area (TPSA) is 74.8 Å². The first-order valence-electron chi connectivity index (χ1n) is 8.44. The number of sulfonamides is 2. The van der Waals surface area contributed by atoms with E-state index in [0.29, 0.717) is 24.4 Å². The summed E-state index contributed by atoms with van der Waals surface area (Å²) in [5.41, 5.74) is 2.37. The van der Waals surface area contributed by atoms with Crippen molar-refractivity contribution in [2.24, 2.45) is 0 Å². The molecule has 1 heterocycles. The van der Waals surface area contributed by atoms with Crippen LogP contribution in [0.25, 0.3) is 0 Å². The summed E-state index contributed by atoms with van der Waals surface area (Å²) in [6.07, 6.45) is 3.54. The predicted molar refractivity (Wildman–Crippen MR) is 92.9 cm³/mol. The number of hydrogen-bond acceptors (Lipinski definition) is 4. The van der Waals surface area contributed by atoms with Gasteiger partial charge >= 0.3 is 0 Å². The van der Waals surface area contributed by atoms with Crippen LogP contribution in [0, 0.1) is 0 Å². The third-order valence-electron chi connectivity index (χ3n) is 4.88. The number of fused-ring (bicyclic) bond motifs is 1. The molecule has 1 aromatic rings. The van der Waals surface area contributed by atoms with Crippen LogP contribution in [-0.4, -0.2) is 57.4 Å². The van der Waals surface area contributed by atoms with E-state index in [1.165, 1.54) is 14.2 Å². The van der Waals surface area contributed by atoms with Crippen molar-refractivity contribution in [3.8, 4) is 0 Å². The lowest BCUT2D eigenvalue weighted by Gasteiger charge is -2.21. The molecule has 0 aromatic heterocycles. The lowest BCUT2D eigenvalue weighted by molar-refractivity contribution is 0.405. The minimum Gasteiger partial charge on any atom is -0.212 e. The molecule has 8 heteroatoms. The Bertz CT molecular complexity index is 818. The monoisotopic (exact) mass is 372 g/mol. The van der Waals surface area contributed by atoms with E-state index in [-0.39, 0.29) is 18.8 Å². The minimum absolute atomic E-state index is 0.0462. The van der Waals surface area contributed by atoms with Gasteiger partial charge in [0.15, 0.2) is 0 Å². The molecule has 0 spiro atoms. The lowest BCUT2D eigenvalue weighted by Crippen LogP contribution is -2.37. The first-order valence-corrected chi connectivity index (χ1v) is 11.5. The van der Waals surface area contributed by atoms with Crippen LogP contribution in [-0.2, 0) is 32.9 Å². The first kappa shape index (κ1) is 17.8. The molecular weight excluding hydrogens is 348 g/mol. The molecule has 0 atom stereocenters. The highest BCUT2D eigenvalue weighted by molar-refractivity contribution is 7.89. The fourth-order valence-electron chi connectivity index (χ4n) is 3.43. The van der Waals surface area contributed by atoms with E-state index in [9.17, 15) is 16.8 Å². The number of rotatable bonds is 4. The van der Waals surface area contributed by atoms with Crippen molar-refractivity contribution in [2.75, 3.05) is 31.9 Å². The zero-order chi connectivity index (χ0) is 17.4. The molecule has 1 aliphatic carbocycles. The van der Waals surface area contributed by atoms with E-state index in [1.54, 1.807) is 19.1 Å². The van der Waals surface area contributed by atoms with Gasteiger partial charge in [-0.2, -0.15) is 4.31 Å². The molecule has 1 aliphatic heterocycles. The highest BCUT2D eigenvalue weighted by atomic mass is 32.2. The summed E-state index contributed by atoms with van der Waals surface area (Å²) >= 11 is 0. The second kappa shape index (κ2) is 6.74. The Kier molecular flexibility index (Phi) is 5.01. The van der Waals surface area contributed by atoms with Crippen molar-refractivity contribution in [3.05, 3.63) is 29.3 Å². The Balaban J connectivity index is 1.80. The molecule has 0 N–H and O–H groups in total. The Labute approximate surface area is 144 Å². The van der Waals surface area contributed by atoms with E-state index in [4.69, 9.17) is 0 Å². The summed E-state index contributed by atoms with van der Waals surface area (Å²) in [6, 6.07) is 5.40. The Hall–Kier alpha value is -0.960. The summed E-state index contributed by atoms with van der Waals surface area (Å²) in [5, 5.41) is 0. The van der Waals surface area contributed by atoms with Crippen LogP contribution < -0.4 is 0 Å². The molecular formula is C16H24N2O4S2. The molecule has 134 valence electrons. The Morgan fingerprint density at radius 1 is 0.875 bits per heavy atom. The summed E-state index contributed by atoms with van der Waals surface area (Å²) in [4.78, 5) is 0.329. The molecule has 6 nitrogen and oxygen atoms in total. The van der Waals surface area contributed by atoms with Gasteiger partial charge in [-0.3, -0.25) is 0 Å². The van der Waals surface area contributed by atoms with Crippen LogP contribution in [0.5, 0.6) is 0 Å². The summed E-state index contributed by atoms with van der Waals surface area (Å²) in [6.45, 7) is 2.78. The van der Waals surface area contributed by atoms with Gasteiger partial charge in [-0.15, -0.1) is 0 Å². The van der Waals surface area contributed by atoms with Gasteiger partial charge in [-0.05, 0) is 55.9 Å². The molecule has 0 saturated carbocycles. The van der Waals surface area contributed by atoms with Crippen LogP contribution in [0.1, 0.15) is 30.9 Å².